The monoisotopic (exact) mass is 278 g/mol. The summed E-state index contributed by atoms with van der Waals surface area (Å²) in [6, 6.07) is 0. The average Bonchev–Trinajstić information content (AvgIpc) is 2.29. The zero-order valence-electron chi connectivity index (χ0n) is 12.0. The molecule has 0 aliphatic carbocycles. The number of hydrogen-bond donors (Lipinski definition) is 2. The second-order valence-corrected chi connectivity index (χ2v) is 6.72. The lowest BCUT2D eigenvalue weighted by molar-refractivity contribution is 0.552. The Labute approximate surface area is 113 Å². The molecular formula is C13H30N2O2S. The van der Waals surface area contributed by atoms with Crippen LogP contribution in [0.5, 0.6) is 0 Å². The molecule has 0 aromatic rings. The SMILES string of the molecule is CCCCCCCCCNCCCNS(C)(=O)=O. The molecule has 0 spiro atoms. The first-order chi connectivity index (χ1) is 8.56. The van der Waals surface area contributed by atoms with E-state index in [0.717, 1.165) is 19.5 Å². The van der Waals surface area contributed by atoms with Crippen molar-refractivity contribution in [3.05, 3.63) is 0 Å². The van der Waals surface area contributed by atoms with Crippen molar-refractivity contribution in [3.8, 4) is 0 Å². The molecule has 0 radical (unpaired) electrons. The Bertz CT molecular complexity index is 266. The number of unbranched alkanes of at least 4 members (excludes halogenated alkanes) is 6. The van der Waals surface area contributed by atoms with Crippen LogP contribution in [-0.4, -0.2) is 34.3 Å². The molecule has 0 saturated heterocycles. The van der Waals surface area contributed by atoms with Gasteiger partial charge in [0, 0.05) is 6.54 Å². The Morgan fingerprint density at radius 2 is 1.33 bits per heavy atom. The van der Waals surface area contributed by atoms with E-state index in [9.17, 15) is 8.42 Å². The quantitative estimate of drug-likeness (QED) is 0.508. The first-order valence-corrected chi connectivity index (χ1v) is 9.10. The van der Waals surface area contributed by atoms with Crippen LogP contribution in [0.2, 0.25) is 0 Å². The van der Waals surface area contributed by atoms with Gasteiger partial charge in [-0.25, -0.2) is 13.1 Å². The van der Waals surface area contributed by atoms with Gasteiger partial charge in [0.1, 0.15) is 0 Å². The highest BCUT2D eigenvalue weighted by molar-refractivity contribution is 7.88. The zero-order valence-corrected chi connectivity index (χ0v) is 12.8. The molecule has 0 unspecified atom stereocenters. The van der Waals surface area contributed by atoms with Crippen LogP contribution in [0.3, 0.4) is 0 Å². The van der Waals surface area contributed by atoms with E-state index in [0.29, 0.717) is 6.54 Å². The van der Waals surface area contributed by atoms with Crippen LogP contribution in [0, 0.1) is 0 Å². The van der Waals surface area contributed by atoms with Crippen LogP contribution in [0.1, 0.15) is 58.3 Å². The molecule has 0 heterocycles. The van der Waals surface area contributed by atoms with E-state index in [4.69, 9.17) is 0 Å². The molecular weight excluding hydrogens is 248 g/mol. The van der Waals surface area contributed by atoms with Gasteiger partial charge < -0.3 is 5.32 Å². The maximum Gasteiger partial charge on any atom is 0.208 e. The molecule has 0 aliphatic rings. The van der Waals surface area contributed by atoms with Crippen molar-refractivity contribution in [2.75, 3.05) is 25.9 Å². The summed E-state index contributed by atoms with van der Waals surface area (Å²) in [7, 11) is -3.01. The van der Waals surface area contributed by atoms with Gasteiger partial charge in [0.15, 0.2) is 0 Å². The Morgan fingerprint density at radius 3 is 1.94 bits per heavy atom. The summed E-state index contributed by atoms with van der Waals surface area (Å²) < 4.78 is 24.0. The first-order valence-electron chi connectivity index (χ1n) is 7.21. The van der Waals surface area contributed by atoms with E-state index in [1.807, 2.05) is 0 Å². The summed E-state index contributed by atoms with van der Waals surface area (Å²) in [5.74, 6) is 0. The van der Waals surface area contributed by atoms with Crippen molar-refractivity contribution in [1.82, 2.24) is 10.0 Å². The summed E-state index contributed by atoms with van der Waals surface area (Å²) in [4.78, 5) is 0. The van der Waals surface area contributed by atoms with Crippen molar-refractivity contribution in [2.45, 2.75) is 58.3 Å². The van der Waals surface area contributed by atoms with E-state index in [1.165, 1.54) is 51.2 Å². The molecule has 4 nitrogen and oxygen atoms in total. The average molecular weight is 278 g/mol. The van der Waals surface area contributed by atoms with Gasteiger partial charge in [-0.15, -0.1) is 0 Å². The highest BCUT2D eigenvalue weighted by atomic mass is 32.2. The maximum absolute atomic E-state index is 10.8. The third kappa shape index (κ3) is 15.9. The van der Waals surface area contributed by atoms with E-state index in [1.54, 1.807) is 0 Å². The van der Waals surface area contributed by atoms with Crippen LogP contribution in [0.15, 0.2) is 0 Å². The second kappa shape index (κ2) is 11.9. The van der Waals surface area contributed by atoms with Crippen molar-refractivity contribution in [2.24, 2.45) is 0 Å². The fourth-order valence-electron chi connectivity index (χ4n) is 1.80. The van der Waals surface area contributed by atoms with E-state index in [-0.39, 0.29) is 0 Å². The smallest absolute Gasteiger partial charge is 0.208 e. The molecule has 0 aromatic heterocycles. The second-order valence-electron chi connectivity index (χ2n) is 4.89. The van der Waals surface area contributed by atoms with Gasteiger partial charge in [-0.05, 0) is 25.9 Å². The molecule has 0 aromatic carbocycles. The Hall–Kier alpha value is -0.130. The van der Waals surface area contributed by atoms with Crippen LogP contribution in [0.25, 0.3) is 0 Å². The van der Waals surface area contributed by atoms with Crippen molar-refractivity contribution in [1.29, 1.82) is 0 Å². The van der Waals surface area contributed by atoms with Gasteiger partial charge in [-0.2, -0.15) is 0 Å². The normalized spacial score (nSPS) is 11.9. The van der Waals surface area contributed by atoms with Crippen LogP contribution in [-0.2, 0) is 10.0 Å². The zero-order chi connectivity index (χ0) is 13.7. The molecule has 0 amide bonds. The van der Waals surface area contributed by atoms with Gasteiger partial charge in [0.2, 0.25) is 10.0 Å². The third-order valence-electron chi connectivity index (χ3n) is 2.85. The molecule has 5 heteroatoms. The largest absolute Gasteiger partial charge is 0.317 e. The summed E-state index contributed by atoms with van der Waals surface area (Å²) in [5.41, 5.74) is 0. The van der Waals surface area contributed by atoms with Gasteiger partial charge in [-0.3, -0.25) is 0 Å². The first kappa shape index (κ1) is 17.9. The van der Waals surface area contributed by atoms with Crippen LogP contribution in [0.4, 0.5) is 0 Å². The molecule has 0 fully saturated rings. The van der Waals surface area contributed by atoms with Gasteiger partial charge in [-0.1, -0.05) is 45.4 Å². The highest BCUT2D eigenvalue weighted by Crippen LogP contribution is 2.06. The van der Waals surface area contributed by atoms with E-state index in [2.05, 4.69) is 17.0 Å². The molecule has 2 N–H and O–H groups in total. The summed E-state index contributed by atoms with van der Waals surface area (Å²) >= 11 is 0. The summed E-state index contributed by atoms with van der Waals surface area (Å²) in [5, 5.41) is 3.34. The molecule has 110 valence electrons. The number of hydrogen-bond acceptors (Lipinski definition) is 3. The summed E-state index contributed by atoms with van der Waals surface area (Å²) in [6.07, 6.45) is 11.3. The van der Waals surface area contributed by atoms with Crippen molar-refractivity contribution in [3.63, 3.8) is 0 Å². The molecule has 0 rings (SSSR count). The standard InChI is InChI=1S/C13H30N2O2S/c1-3-4-5-6-7-8-9-11-14-12-10-13-15-18(2,16)17/h14-15H,3-13H2,1-2H3. The van der Waals surface area contributed by atoms with Gasteiger partial charge in [0.05, 0.1) is 6.26 Å². The van der Waals surface area contributed by atoms with Gasteiger partial charge in [0.25, 0.3) is 0 Å². The number of nitrogens with one attached hydrogen (secondary N) is 2. The minimum Gasteiger partial charge on any atom is -0.317 e. The lowest BCUT2D eigenvalue weighted by Crippen LogP contribution is -2.26. The highest BCUT2D eigenvalue weighted by Gasteiger charge is 1.98. The summed E-state index contributed by atoms with van der Waals surface area (Å²) in [6.45, 7) is 4.70. The predicted molar refractivity (Wildman–Crippen MR) is 78.3 cm³/mol. The maximum atomic E-state index is 10.8. The molecule has 0 atom stereocenters. The van der Waals surface area contributed by atoms with E-state index >= 15 is 0 Å². The molecule has 0 aliphatic heterocycles. The Kier molecular flexibility index (Phi) is 11.8. The van der Waals surface area contributed by atoms with Crippen molar-refractivity contribution < 1.29 is 8.42 Å². The Balaban J connectivity index is 3.03. The third-order valence-corrected chi connectivity index (χ3v) is 3.58. The minimum absolute atomic E-state index is 0.531. The van der Waals surface area contributed by atoms with Crippen LogP contribution >= 0.6 is 0 Å². The number of rotatable bonds is 13. The number of sulfonamides is 1. The lowest BCUT2D eigenvalue weighted by atomic mass is 10.1. The topological polar surface area (TPSA) is 58.2 Å². The lowest BCUT2D eigenvalue weighted by Gasteiger charge is -2.05. The molecule has 0 bridgehead atoms. The minimum atomic E-state index is -3.01. The van der Waals surface area contributed by atoms with Gasteiger partial charge >= 0.3 is 0 Å². The molecule has 0 saturated carbocycles. The fourth-order valence-corrected chi connectivity index (χ4v) is 2.32. The van der Waals surface area contributed by atoms with Crippen LogP contribution < -0.4 is 10.0 Å². The predicted octanol–water partition coefficient (Wildman–Crippen LogP) is 2.27. The fraction of sp³-hybridized carbons (Fsp3) is 1.00. The molecule has 18 heavy (non-hydrogen) atoms. The van der Waals surface area contributed by atoms with Crippen molar-refractivity contribution >= 4 is 10.0 Å². The Morgan fingerprint density at radius 1 is 0.778 bits per heavy atom. The van der Waals surface area contributed by atoms with E-state index < -0.39 is 10.0 Å².